The number of hydrogen-bond acceptors (Lipinski definition) is 2. The molecule has 0 spiro atoms. The summed E-state index contributed by atoms with van der Waals surface area (Å²) in [5.74, 6) is -0.221. The van der Waals surface area contributed by atoms with Gasteiger partial charge in [-0.05, 0) is 41.6 Å². The van der Waals surface area contributed by atoms with Crippen molar-refractivity contribution in [2.45, 2.75) is 13.3 Å². The van der Waals surface area contributed by atoms with E-state index in [2.05, 4.69) is 0 Å². The van der Waals surface area contributed by atoms with Crippen molar-refractivity contribution in [2.75, 3.05) is 5.73 Å². The molecule has 0 radical (unpaired) electrons. The summed E-state index contributed by atoms with van der Waals surface area (Å²) in [5.41, 5.74) is 5.74. The van der Waals surface area contributed by atoms with Gasteiger partial charge in [-0.15, -0.1) is 0 Å². The molecule has 0 aliphatic rings. The Bertz CT molecular complexity index is 379. The van der Waals surface area contributed by atoms with Gasteiger partial charge in [0.1, 0.15) is 0 Å². The van der Waals surface area contributed by atoms with E-state index in [4.69, 9.17) is 5.73 Å². The van der Waals surface area contributed by atoms with Gasteiger partial charge < -0.3 is 5.73 Å². The first-order valence-electron chi connectivity index (χ1n) is 3.81. The number of ketones is 1. The number of anilines is 1. The van der Waals surface area contributed by atoms with Gasteiger partial charge in [-0.1, -0.05) is 0 Å². The fourth-order valence-corrected chi connectivity index (χ4v) is 1.78. The van der Waals surface area contributed by atoms with Crippen LogP contribution in [0.25, 0.3) is 0 Å². The highest BCUT2D eigenvalue weighted by molar-refractivity contribution is 14.1. The summed E-state index contributed by atoms with van der Waals surface area (Å²) in [4.78, 5) is 11.0. The lowest BCUT2D eigenvalue weighted by atomic mass is 10.1. The number of carbonyl (C=O) groups excluding carboxylic acids is 1. The normalized spacial score (nSPS) is 10.6. The van der Waals surface area contributed by atoms with Crippen LogP contribution in [-0.2, 0) is 0 Å². The molecule has 0 bridgehead atoms. The molecule has 5 heteroatoms. The summed E-state index contributed by atoms with van der Waals surface area (Å²) in [6, 6.07) is 2.54. The standard InChI is InChI=1S/C9H8F2INO/c1-4(14)5-2-7(12)6(9(10)11)3-8(5)13/h2-3,9H,13H2,1H3. The molecule has 0 aliphatic heterocycles. The summed E-state index contributed by atoms with van der Waals surface area (Å²) >= 11 is 1.76. The third-order valence-corrected chi connectivity index (χ3v) is 2.72. The zero-order valence-electron chi connectivity index (χ0n) is 7.35. The van der Waals surface area contributed by atoms with Crippen LogP contribution in [0, 0.1) is 3.57 Å². The zero-order chi connectivity index (χ0) is 10.9. The molecule has 0 saturated carbocycles. The molecule has 76 valence electrons. The summed E-state index contributed by atoms with van der Waals surface area (Å²) in [6.45, 7) is 1.35. The highest BCUT2D eigenvalue weighted by atomic mass is 127. The Morgan fingerprint density at radius 1 is 1.50 bits per heavy atom. The molecule has 0 aliphatic carbocycles. The van der Waals surface area contributed by atoms with Crippen LogP contribution < -0.4 is 5.73 Å². The molecule has 0 saturated heterocycles. The summed E-state index contributed by atoms with van der Waals surface area (Å²) in [6.07, 6.45) is -2.56. The van der Waals surface area contributed by atoms with Crippen LogP contribution in [0.2, 0.25) is 0 Å². The number of rotatable bonds is 2. The molecule has 1 rings (SSSR count). The lowest BCUT2D eigenvalue weighted by Crippen LogP contribution is -2.03. The number of alkyl halides is 2. The van der Waals surface area contributed by atoms with Gasteiger partial charge in [0, 0.05) is 20.4 Å². The van der Waals surface area contributed by atoms with Crippen LogP contribution in [0.3, 0.4) is 0 Å². The Morgan fingerprint density at radius 2 is 2.07 bits per heavy atom. The Labute approximate surface area is 93.6 Å². The molecule has 0 atom stereocenters. The third-order valence-electron chi connectivity index (χ3n) is 1.78. The molecular weight excluding hydrogens is 303 g/mol. The average Bonchev–Trinajstić information content (AvgIpc) is 2.07. The Morgan fingerprint density at radius 3 is 2.50 bits per heavy atom. The monoisotopic (exact) mass is 311 g/mol. The van der Waals surface area contributed by atoms with E-state index in [9.17, 15) is 13.6 Å². The van der Waals surface area contributed by atoms with Crippen molar-refractivity contribution >= 4 is 34.1 Å². The van der Waals surface area contributed by atoms with Gasteiger partial charge in [0.15, 0.2) is 5.78 Å². The van der Waals surface area contributed by atoms with Crippen LogP contribution >= 0.6 is 22.6 Å². The molecule has 0 amide bonds. The summed E-state index contributed by atoms with van der Waals surface area (Å²) in [7, 11) is 0. The number of benzene rings is 1. The van der Waals surface area contributed by atoms with E-state index in [0.29, 0.717) is 9.13 Å². The molecule has 0 aromatic heterocycles. The summed E-state index contributed by atoms with van der Waals surface area (Å²) in [5, 5.41) is 0. The van der Waals surface area contributed by atoms with Crippen molar-refractivity contribution in [1.82, 2.24) is 0 Å². The second kappa shape index (κ2) is 4.20. The van der Waals surface area contributed by atoms with Gasteiger partial charge in [-0.25, -0.2) is 8.78 Å². The van der Waals surface area contributed by atoms with Crippen LogP contribution in [0.15, 0.2) is 12.1 Å². The van der Waals surface area contributed by atoms with Crippen LogP contribution in [0.5, 0.6) is 0 Å². The number of Topliss-reactive ketones (excluding diaryl/α,β-unsaturated/α-hetero) is 1. The quantitative estimate of drug-likeness (QED) is 0.518. The molecule has 1 aromatic rings. The highest BCUT2D eigenvalue weighted by Gasteiger charge is 2.15. The van der Waals surface area contributed by atoms with Gasteiger partial charge in [-0.2, -0.15) is 0 Å². The second-order valence-corrected chi connectivity index (χ2v) is 3.98. The fourth-order valence-electron chi connectivity index (χ4n) is 1.08. The average molecular weight is 311 g/mol. The van der Waals surface area contributed by atoms with Crippen molar-refractivity contribution in [3.05, 3.63) is 26.8 Å². The molecule has 2 nitrogen and oxygen atoms in total. The predicted octanol–water partition coefficient (Wildman–Crippen LogP) is 3.01. The smallest absolute Gasteiger partial charge is 0.264 e. The number of carbonyl (C=O) groups is 1. The Hall–Kier alpha value is -0.720. The van der Waals surface area contributed by atoms with Gasteiger partial charge in [-0.3, -0.25) is 4.79 Å². The third kappa shape index (κ3) is 2.20. The minimum Gasteiger partial charge on any atom is -0.398 e. The van der Waals surface area contributed by atoms with Crippen molar-refractivity contribution in [3.8, 4) is 0 Å². The minimum atomic E-state index is -2.56. The van der Waals surface area contributed by atoms with Crippen molar-refractivity contribution in [1.29, 1.82) is 0 Å². The SMILES string of the molecule is CC(=O)c1cc(I)c(C(F)F)cc1N. The van der Waals surface area contributed by atoms with Crippen LogP contribution in [-0.4, -0.2) is 5.78 Å². The van der Waals surface area contributed by atoms with Crippen molar-refractivity contribution in [2.24, 2.45) is 0 Å². The van der Waals surface area contributed by atoms with Crippen LogP contribution in [0.4, 0.5) is 14.5 Å². The zero-order valence-corrected chi connectivity index (χ0v) is 9.51. The van der Waals surface area contributed by atoms with E-state index in [-0.39, 0.29) is 17.0 Å². The first kappa shape index (κ1) is 11.4. The van der Waals surface area contributed by atoms with E-state index in [1.165, 1.54) is 13.0 Å². The molecule has 0 unspecified atom stereocenters. The van der Waals surface area contributed by atoms with E-state index >= 15 is 0 Å². The molecule has 0 heterocycles. The molecule has 2 N–H and O–H groups in total. The fraction of sp³-hybridized carbons (Fsp3) is 0.222. The maximum Gasteiger partial charge on any atom is 0.264 e. The topological polar surface area (TPSA) is 43.1 Å². The van der Waals surface area contributed by atoms with E-state index in [1.807, 2.05) is 0 Å². The molecule has 0 fully saturated rings. The number of hydrogen-bond donors (Lipinski definition) is 1. The summed E-state index contributed by atoms with van der Waals surface area (Å²) < 4.78 is 25.1. The first-order valence-corrected chi connectivity index (χ1v) is 4.89. The van der Waals surface area contributed by atoms with E-state index in [0.717, 1.165) is 6.07 Å². The lowest BCUT2D eigenvalue weighted by molar-refractivity contribution is 0.101. The van der Waals surface area contributed by atoms with E-state index in [1.54, 1.807) is 22.6 Å². The van der Waals surface area contributed by atoms with Gasteiger partial charge in [0.05, 0.1) is 0 Å². The maximum absolute atomic E-state index is 12.4. The van der Waals surface area contributed by atoms with Gasteiger partial charge in [0.2, 0.25) is 0 Å². The predicted molar refractivity (Wildman–Crippen MR) is 58.5 cm³/mol. The van der Waals surface area contributed by atoms with Crippen LogP contribution in [0.1, 0.15) is 29.3 Å². The van der Waals surface area contributed by atoms with E-state index < -0.39 is 6.43 Å². The van der Waals surface area contributed by atoms with Gasteiger partial charge >= 0.3 is 0 Å². The lowest BCUT2D eigenvalue weighted by Gasteiger charge is -2.08. The molecular formula is C9H8F2INO. The Balaban J connectivity index is 3.31. The van der Waals surface area contributed by atoms with Crippen molar-refractivity contribution in [3.63, 3.8) is 0 Å². The largest absolute Gasteiger partial charge is 0.398 e. The van der Waals surface area contributed by atoms with Crippen molar-refractivity contribution < 1.29 is 13.6 Å². The first-order chi connectivity index (χ1) is 6.43. The van der Waals surface area contributed by atoms with Gasteiger partial charge in [0.25, 0.3) is 6.43 Å². The number of halogens is 3. The minimum absolute atomic E-state index is 0.105. The number of nitrogen functional groups attached to an aromatic ring is 1. The number of nitrogens with two attached hydrogens (primary N) is 1. The molecule has 1 aromatic carbocycles. The second-order valence-electron chi connectivity index (χ2n) is 2.82. The highest BCUT2D eigenvalue weighted by Crippen LogP contribution is 2.28. The Kier molecular flexibility index (Phi) is 3.41. The maximum atomic E-state index is 12.4. The molecule has 14 heavy (non-hydrogen) atoms.